The third kappa shape index (κ3) is 6.37. The van der Waals surface area contributed by atoms with Crippen LogP contribution in [0.3, 0.4) is 0 Å². The van der Waals surface area contributed by atoms with E-state index in [2.05, 4.69) is 5.32 Å². The quantitative estimate of drug-likeness (QED) is 0.297. The number of benzene rings is 1. The monoisotopic (exact) mass is 564 g/mol. The lowest BCUT2D eigenvalue weighted by Gasteiger charge is -2.36. The second-order valence-electron chi connectivity index (χ2n) is 11.5. The lowest BCUT2D eigenvalue weighted by atomic mass is 9.76. The molecule has 5 rings (SSSR count). The van der Waals surface area contributed by atoms with Crippen LogP contribution >= 0.6 is 0 Å². The molecule has 0 radical (unpaired) electrons. The first kappa shape index (κ1) is 29.0. The second kappa shape index (κ2) is 12.5. The molecule has 0 saturated carbocycles. The molecule has 0 unspecified atom stereocenters. The summed E-state index contributed by atoms with van der Waals surface area (Å²) in [6.45, 7) is 7.47. The zero-order valence-corrected chi connectivity index (χ0v) is 24.1. The predicted octanol–water partition coefficient (Wildman–Crippen LogP) is 3.22. The van der Waals surface area contributed by atoms with Crippen LogP contribution < -0.4 is 5.32 Å². The number of esters is 1. The maximum absolute atomic E-state index is 13.1. The molecule has 2 aromatic rings. The van der Waals surface area contributed by atoms with Gasteiger partial charge in [0.2, 0.25) is 5.91 Å². The van der Waals surface area contributed by atoms with Gasteiger partial charge in [-0.05, 0) is 56.1 Å². The Morgan fingerprint density at radius 1 is 1.15 bits per heavy atom. The smallest absolute Gasteiger partial charge is 0.338 e. The number of carbonyl (C=O) groups excluding carboxylic acids is 4. The van der Waals surface area contributed by atoms with Gasteiger partial charge in [0.25, 0.3) is 5.91 Å². The number of ketones is 1. The summed E-state index contributed by atoms with van der Waals surface area (Å²) < 4.78 is 13.1. The van der Waals surface area contributed by atoms with Crippen LogP contribution in [0.4, 0.5) is 0 Å². The average molecular weight is 565 g/mol. The predicted molar refractivity (Wildman–Crippen MR) is 151 cm³/mol. The molecule has 1 N–H and O–H groups in total. The van der Waals surface area contributed by atoms with Crippen LogP contribution in [0.2, 0.25) is 0 Å². The van der Waals surface area contributed by atoms with Gasteiger partial charge in [-0.1, -0.05) is 19.1 Å². The molecule has 41 heavy (non-hydrogen) atoms. The molecule has 220 valence electrons. The standard InChI is InChI=1S/C31H40N4O6/c1-3-25-27-26(19-31(20-32-29(27)38)10-16-40-17-11-31)35(33-25)12-5-15-41-30(39)24-7-4-6-23(18-24)28(37)22-8-13-34(14-9-22)21(2)36/h4,6-7,18,22H,3,5,8-17,19-20H2,1-2H3,(H,32,38). The van der Waals surface area contributed by atoms with Gasteiger partial charge >= 0.3 is 5.97 Å². The number of hydrogen-bond acceptors (Lipinski definition) is 7. The van der Waals surface area contributed by atoms with E-state index in [1.54, 1.807) is 36.1 Å². The molecule has 2 amide bonds. The Balaban J connectivity index is 1.19. The van der Waals surface area contributed by atoms with E-state index in [1.165, 1.54) is 0 Å². The van der Waals surface area contributed by atoms with Crippen LogP contribution in [-0.4, -0.2) is 77.7 Å². The second-order valence-corrected chi connectivity index (χ2v) is 11.5. The molecule has 0 bridgehead atoms. The molecule has 4 heterocycles. The Bertz CT molecular complexity index is 1300. The highest BCUT2D eigenvalue weighted by atomic mass is 16.5. The van der Waals surface area contributed by atoms with E-state index in [4.69, 9.17) is 14.6 Å². The summed E-state index contributed by atoms with van der Waals surface area (Å²) in [5.41, 5.74) is 3.27. The minimum atomic E-state index is -0.472. The zero-order valence-electron chi connectivity index (χ0n) is 24.1. The lowest BCUT2D eigenvalue weighted by molar-refractivity contribution is -0.130. The lowest BCUT2D eigenvalue weighted by Crippen LogP contribution is -2.40. The zero-order chi connectivity index (χ0) is 29.0. The molecule has 3 aliphatic heterocycles. The van der Waals surface area contributed by atoms with E-state index in [0.717, 1.165) is 30.7 Å². The van der Waals surface area contributed by atoms with Crippen LogP contribution in [-0.2, 0) is 33.7 Å². The summed E-state index contributed by atoms with van der Waals surface area (Å²) in [5.74, 6) is -0.656. The molecule has 1 spiro atoms. The summed E-state index contributed by atoms with van der Waals surface area (Å²) in [7, 11) is 0. The topological polar surface area (TPSA) is 120 Å². The van der Waals surface area contributed by atoms with Gasteiger partial charge in [0.05, 0.1) is 29.1 Å². The highest BCUT2D eigenvalue weighted by Crippen LogP contribution is 2.37. The molecule has 2 saturated heterocycles. The van der Waals surface area contributed by atoms with Crippen molar-refractivity contribution in [3.05, 3.63) is 52.3 Å². The van der Waals surface area contributed by atoms with Crippen molar-refractivity contribution in [2.75, 3.05) is 39.5 Å². The molecular weight excluding hydrogens is 524 g/mol. The molecular formula is C31H40N4O6. The normalized spacial score (nSPS) is 18.9. The van der Waals surface area contributed by atoms with E-state index < -0.39 is 5.97 Å². The van der Waals surface area contributed by atoms with Crippen molar-refractivity contribution >= 4 is 23.6 Å². The van der Waals surface area contributed by atoms with Crippen molar-refractivity contribution in [2.45, 2.75) is 65.3 Å². The SMILES string of the molecule is CCc1nn(CCCOC(=O)c2cccc(C(=O)C3CCN(C(C)=O)CC3)c2)c2c1C(=O)NCC1(CCOCC1)C2. The van der Waals surface area contributed by atoms with Crippen molar-refractivity contribution in [1.29, 1.82) is 0 Å². The summed E-state index contributed by atoms with van der Waals surface area (Å²) in [4.78, 5) is 52.3. The molecule has 0 atom stereocenters. The maximum atomic E-state index is 13.1. The van der Waals surface area contributed by atoms with Crippen molar-refractivity contribution in [3.8, 4) is 0 Å². The molecule has 0 aliphatic carbocycles. The number of Topliss-reactive ketones (excluding diaryl/α,β-unsaturated/α-hetero) is 1. The van der Waals surface area contributed by atoms with Gasteiger partial charge in [0.15, 0.2) is 5.78 Å². The van der Waals surface area contributed by atoms with Gasteiger partial charge in [-0.15, -0.1) is 0 Å². The highest BCUT2D eigenvalue weighted by Gasteiger charge is 2.39. The number of amides is 2. The molecule has 10 nitrogen and oxygen atoms in total. The average Bonchev–Trinajstić information content (AvgIpc) is 3.27. The fraction of sp³-hybridized carbons (Fsp3) is 0.581. The van der Waals surface area contributed by atoms with E-state index in [1.807, 2.05) is 11.6 Å². The number of hydrogen-bond donors (Lipinski definition) is 1. The minimum Gasteiger partial charge on any atom is -0.462 e. The summed E-state index contributed by atoms with van der Waals surface area (Å²) in [6.07, 6.45) is 5.03. The fourth-order valence-electron chi connectivity index (χ4n) is 6.31. The summed E-state index contributed by atoms with van der Waals surface area (Å²) in [5, 5.41) is 7.90. The van der Waals surface area contributed by atoms with Gasteiger partial charge in [-0.2, -0.15) is 5.10 Å². The van der Waals surface area contributed by atoms with E-state index >= 15 is 0 Å². The van der Waals surface area contributed by atoms with Gasteiger partial charge in [0.1, 0.15) is 0 Å². The Morgan fingerprint density at radius 3 is 2.59 bits per heavy atom. The first-order chi connectivity index (χ1) is 19.8. The maximum Gasteiger partial charge on any atom is 0.338 e. The first-order valence-electron chi connectivity index (χ1n) is 14.8. The van der Waals surface area contributed by atoms with Crippen LogP contribution in [0.15, 0.2) is 24.3 Å². The number of aryl methyl sites for hydroxylation is 2. The van der Waals surface area contributed by atoms with Gasteiger partial charge in [0, 0.05) is 64.2 Å². The third-order valence-electron chi connectivity index (χ3n) is 8.85. The Labute approximate surface area is 240 Å². The largest absolute Gasteiger partial charge is 0.462 e. The number of piperidine rings is 1. The number of nitrogens with zero attached hydrogens (tertiary/aromatic N) is 3. The Kier molecular flexibility index (Phi) is 8.87. The minimum absolute atomic E-state index is 0.000270. The molecule has 1 aromatic carbocycles. The number of rotatable bonds is 8. The molecule has 10 heteroatoms. The number of likely N-dealkylation sites (tertiary alicyclic amines) is 1. The van der Waals surface area contributed by atoms with E-state index in [0.29, 0.717) is 81.8 Å². The van der Waals surface area contributed by atoms with E-state index in [-0.39, 0.29) is 35.5 Å². The molecule has 2 fully saturated rings. The van der Waals surface area contributed by atoms with Crippen molar-refractivity contribution in [1.82, 2.24) is 20.0 Å². The van der Waals surface area contributed by atoms with Crippen LogP contribution in [0, 0.1) is 11.3 Å². The van der Waals surface area contributed by atoms with Crippen molar-refractivity contribution in [3.63, 3.8) is 0 Å². The van der Waals surface area contributed by atoms with Crippen molar-refractivity contribution in [2.24, 2.45) is 11.3 Å². The number of carbonyl (C=O) groups is 4. The van der Waals surface area contributed by atoms with Gasteiger partial charge in [-0.3, -0.25) is 19.1 Å². The number of aromatic nitrogens is 2. The first-order valence-corrected chi connectivity index (χ1v) is 14.8. The van der Waals surface area contributed by atoms with Gasteiger partial charge in [-0.25, -0.2) is 4.79 Å². The highest BCUT2D eigenvalue weighted by molar-refractivity contribution is 6.00. The van der Waals surface area contributed by atoms with Gasteiger partial charge < -0.3 is 19.7 Å². The summed E-state index contributed by atoms with van der Waals surface area (Å²) >= 11 is 0. The van der Waals surface area contributed by atoms with E-state index in [9.17, 15) is 19.2 Å². The van der Waals surface area contributed by atoms with Crippen molar-refractivity contribution < 1.29 is 28.7 Å². The summed E-state index contributed by atoms with van der Waals surface area (Å²) in [6, 6.07) is 6.70. The molecule has 3 aliphatic rings. The van der Waals surface area contributed by atoms with Crippen LogP contribution in [0.25, 0.3) is 0 Å². The van der Waals surface area contributed by atoms with Crippen LogP contribution in [0.5, 0.6) is 0 Å². The van der Waals surface area contributed by atoms with Crippen LogP contribution in [0.1, 0.15) is 88.4 Å². The number of nitrogens with one attached hydrogen (secondary N) is 1. The number of fused-ring (bicyclic) bond motifs is 1. The number of ether oxygens (including phenoxy) is 2. The molecule has 1 aromatic heterocycles. The Morgan fingerprint density at radius 2 is 1.88 bits per heavy atom. The Hall–Kier alpha value is -3.53. The fourth-order valence-corrected chi connectivity index (χ4v) is 6.31. The third-order valence-corrected chi connectivity index (χ3v) is 8.85.